The average molecular weight is 283 g/mol. The molecule has 2 aliphatic rings. The summed E-state index contributed by atoms with van der Waals surface area (Å²) in [6.07, 6.45) is 3.35. The van der Waals surface area contributed by atoms with E-state index in [0.29, 0.717) is 13.0 Å². The van der Waals surface area contributed by atoms with Gasteiger partial charge in [0, 0.05) is 32.6 Å². The van der Waals surface area contributed by atoms with Crippen molar-refractivity contribution in [3.63, 3.8) is 0 Å². The van der Waals surface area contributed by atoms with Gasteiger partial charge in [-0.25, -0.2) is 0 Å². The number of nitrogens with zero attached hydrogens (tertiary/aromatic N) is 3. The van der Waals surface area contributed by atoms with E-state index >= 15 is 0 Å². The Kier molecular flexibility index (Phi) is 5.79. The fourth-order valence-corrected chi connectivity index (χ4v) is 2.91. The first-order valence-corrected chi connectivity index (χ1v) is 7.59. The molecule has 0 saturated carbocycles. The summed E-state index contributed by atoms with van der Waals surface area (Å²) in [6.45, 7) is 6.79. The zero-order valence-corrected chi connectivity index (χ0v) is 12.1. The molecule has 2 aliphatic heterocycles. The molecule has 0 aromatic carbocycles. The van der Waals surface area contributed by atoms with Gasteiger partial charge in [0.15, 0.2) is 0 Å². The van der Waals surface area contributed by atoms with E-state index < -0.39 is 5.97 Å². The maximum absolute atomic E-state index is 12.2. The van der Waals surface area contributed by atoms with Crippen molar-refractivity contribution in [1.29, 1.82) is 0 Å². The van der Waals surface area contributed by atoms with E-state index in [-0.39, 0.29) is 12.3 Å². The number of piperazine rings is 1. The van der Waals surface area contributed by atoms with Crippen LogP contribution in [0.5, 0.6) is 0 Å². The van der Waals surface area contributed by atoms with Crippen LogP contribution in [0.1, 0.15) is 25.7 Å². The van der Waals surface area contributed by atoms with Crippen molar-refractivity contribution in [2.24, 2.45) is 0 Å². The number of hydrogen-bond donors (Lipinski definition) is 1. The normalized spacial score (nSPS) is 21.3. The lowest BCUT2D eigenvalue weighted by Crippen LogP contribution is -2.51. The molecule has 2 heterocycles. The summed E-state index contributed by atoms with van der Waals surface area (Å²) in [5.41, 5.74) is 0. The van der Waals surface area contributed by atoms with E-state index in [1.54, 1.807) is 0 Å². The fourth-order valence-electron chi connectivity index (χ4n) is 2.91. The smallest absolute Gasteiger partial charge is 0.303 e. The molecule has 0 unspecified atom stereocenters. The van der Waals surface area contributed by atoms with Crippen molar-refractivity contribution in [2.45, 2.75) is 25.7 Å². The first-order chi connectivity index (χ1) is 9.65. The van der Waals surface area contributed by atoms with Crippen LogP contribution in [0.25, 0.3) is 0 Å². The Labute approximate surface area is 120 Å². The lowest BCUT2D eigenvalue weighted by Gasteiger charge is -2.35. The van der Waals surface area contributed by atoms with Gasteiger partial charge in [-0.05, 0) is 38.9 Å². The number of carboxylic acids is 1. The van der Waals surface area contributed by atoms with E-state index in [1.165, 1.54) is 12.8 Å². The molecule has 1 N–H and O–H groups in total. The second-order valence-corrected chi connectivity index (χ2v) is 5.70. The van der Waals surface area contributed by atoms with Gasteiger partial charge in [-0.15, -0.1) is 0 Å². The van der Waals surface area contributed by atoms with Gasteiger partial charge in [0.2, 0.25) is 5.91 Å². The Morgan fingerprint density at radius 1 is 0.900 bits per heavy atom. The van der Waals surface area contributed by atoms with Crippen molar-refractivity contribution >= 4 is 11.9 Å². The molecule has 2 rings (SSSR count). The van der Waals surface area contributed by atoms with Crippen LogP contribution < -0.4 is 0 Å². The summed E-state index contributed by atoms with van der Waals surface area (Å²) < 4.78 is 0. The Morgan fingerprint density at radius 2 is 1.55 bits per heavy atom. The van der Waals surface area contributed by atoms with Gasteiger partial charge in [0.05, 0.1) is 6.54 Å². The highest BCUT2D eigenvalue weighted by Gasteiger charge is 2.23. The minimum Gasteiger partial charge on any atom is -0.481 e. The molecule has 0 aromatic heterocycles. The maximum atomic E-state index is 12.2. The van der Waals surface area contributed by atoms with Gasteiger partial charge < -0.3 is 10.0 Å². The Hall–Kier alpha value is -1.14. The first-order valence-electron chi connectivity index (χ1n) is 7.59. The molecule has 0 aromatic rings. The summed E-state index contributed by atoms with van der Waals surface area (Å²) in [4.78, 5) is 29.1. The Bertz CT molecular complexity index is 335. The second-order valence-electron chi connectivity index (χ2n) is 5.70. The number of likely N-dealkylation sites (tertiary alicyclic amines) is 1. The second kappa shape index (κ2) is 7.59. The summed E-state index contributed by atoms with van der Waals surface area (Å²) in [5.74, 6) is -0.485. The molecule has 0 atom stereocenters. The number of aliphatic carboxylic acids is 1. The van der Waals surface area contributed by atoms with Crippen molar-refractivity contribution in [2.75, 3.05) is 52.4 Å². The van der Waals surface area contributed by atoms with Crippen LogP contribution >= 0.6 is 0 Å². The van der Waals surface area contributed by atoms with Crippen molar-refractivity contribution < 1.29 is 14.7 Å². The number of hydrogen-bond acceptors (Lipinski definition) is 4. The molecule has 0 spiro atoms. The average Bonchev–Trinajstić information content (AvgIpc) is 2.92. The van der Waals surface area contributed by atoms with Gasteiger partial charge >= 0.3 is 5.97 Å². The number of carbonyl (C=O) groups excluding carboxylic acids is 1. The highest BCUT2D eigenvalue weighted by molar-refractivity contribution is 5.78. The molecule has 6 heteroatoms. The standard InChI is InChI=1S/C14H25N3O3/c18-13(12-16-5-1-2-6-16)17-10-8-15(9-11-17)7-3-4-14(19)20/h1-12H2,(H,19,20). The van der Waals surface area contributed by atoms with Gasteiger partial charge in [-0.2, -0.15) is 0 Å². The molecular formula is C14H25N3O3. The monoisotopic (exact) mass is 283 g/mol. The van der Waals surface area contributed by atoms with Crippen molar-refractivity contribution in [3.8, 4) is 0 Å². The predicted octanol–water partition coefficient (Wildman–Crippen LogP) is 0.0912. The van der Waals surface area contributed by atoms with Crippen LogP contribution in [0.4, 0.5) is 0 Å². The SMILES string of the molecule is O=C(O)CCCN1CCN(C(=O)CN2CCCC2)CC1. The van der Waals surface area contributed by atoms with E-state index in [9.17, 15) is 9.59 Å². The molecule has 0 bridgehead atoms. The van der Waals surface area contributed by atoms with Crippen LogP contribution in [0, 0.1) is 0 Å². The highest BCUT2D eigenvalue weighted by atomic mass is 16.4. The van der Waals surface area contributed by atoms with Crippen LogP contribution in [0.3, 0.4) is 0 Å². The molecule has 0 radical (unpaired) electrons. The van der Waals surface area contributed by atoms with Gasteiger partial charge in [-0.1, -0.05) is 0 Å². The third-order valence-corrected chi connectivity index (χ3v) is 4.15. The van der Waals surface area contributed by atoms with Crippen molar-refractivity contribution in [3.05, 3.63) is 0 Å². The van der Waals surface area contributed by atoms with Gasteiger partial charge in [-0.3, -0.25) is 19.4 Å². The van der Waals surface area contributed by atoms with Crippen LogP contribution in [-0.4, -0.2) is 84.0 Å². The first kappa shape index (κ1) is 15.3. The Balaban J connectivity index is 1.62. The predicted molar refractivity (Wildman–Crippen MR) is 75.6 cm³/mol. The summed E-state index contributed by atoms with van der Waals surface area (Å²) >= 11 is 0. The van der Waals surface area contributed by atoms with E-state index in [4.69, 9.17) is 5.11 Å². The van der Waals surface area contributed by atoms with Crippen LogP contribution in [0.15, 0.2) is 0 Å². The molecule has 0 aliphatic carbocycles. The molecule has 2 saturated heterocycles. The van der Waals surface area contributed by atoms with E-state index in [2.05, 4.69) is 9.80 Å². The van der Waals surface area contributed by atoms with Gasteiger partial charge in [0.25, 0.3) is 0 Å². The van der Waals surface area contributed by atoms with Gasteiger partial charge in [0.1, 0.15) is 0 Å². The molecule has 114 valence electrons. The summed E-state index contributed by atoms with van der Waals surface area (Å²) in [6, 6.07) is 0. The Morgan fingerprint density at radius 3 is 2.15 bits per heavy atom. The third kappa shape index (κ3) is 4.76. The number of rotatable bonds is 6. The largest absolute Gasteiger partial charge is 0.481 e. The minimum atomic E-state index is -0.732. The van der Waals surface area contributed by atoms with E-state index in [1.807, 2.05) is 4.90 Å². The van der Waals surface area contributed by atoms with Crippen LogP contribution in [0.2, 0.25) is 0 Å². The lowest BCUT2D eigenvalue weighted by molar-refractivity contribution is -0.137. The molecular weight excluding hydrogens is 258 g/mol. The zero-order chi connectivity index (χ0) is 14.4. The molecule has 20 heavy (non-hydrogen) atoms. The molecule has 2 fully saturated rings. The lowest BCUT2D eigenvalue weighted by atomic mass is 10.2. The van der Waals surface area contributed by atoms with Crippen molar-refractivity contribution in [1.82, 2.24) is 14.7 Å². The molecule has 1 amide bonds. The maximum Gasteiger partial charge on any atom is 0.303 e. The zero-order valence-electron chi connectivity index (χ0n) is 12.1. The summed E-state index contributed by atoms with van der Waals surface area (Å²) in [5, 5.41) is 8.62. The molecule has 6 nitrogen and oxygen atoms in total. The van der Waals surface area contributed by atoms with Crippen LogP contribution in [-0.2, 0) is 9.59 Å². The topological polar surface area (TPSA) is 64.1 Å². The summed E-state index contributed by atoms with van der Waals surface area (Å²) in [7, 11) is 0. The number of amides is 1. The fraction of sp³-hybridized carbons (Fsp3) is 0.857. The number of carboxylic acid groups (broad SMARTS) is 1. The van der Waals surface area contributed by atoms with E-state index in [0.717, 1.165) is 45.8 Å². The minimum absolute atomic E-state index is 0.230. The quantitative estimate of drug-likeness (QED) is 0.748. The number of carbonyl (C=O) groups is 2. The third-order valence-electron chi connectivity index (χ3n) is 4.15. The highest BCUT2D eigenvalue weighted by Crippen LogP contribution is 2.09.